The van der Waals surface area contributed by atoms with Gasteiger partial charge in [0.2, 0.25) is 10.0 Å². The molecular formula is C21H30N2O2S2. The van der Waals surface area contributed by atoms with Gasteiger partial charge in [-0.1, -0.05) is 12.1 Å². The number of hydrogen-bond acceptors (Lipinski definition) is 4. The lowest BCUT2D eigenvalue weighted by molar-refractivity contribution is 0.180. The molecule has 1 aliphatic rings. The summed E-state index contributed by atoms with van der Waals surface area (Å²) in [4.78, 5) is 4.33. The predicted molar refractivity (Wildman–Crippen MR) is 113 cm³/mol. The van der Waals surface area contributed by atoms with Crippen LogP contribution in [0.2, 0.25) is 0 Å². The highest BCUT2D eigenvalue weighted by Gasteiger charge is 2.25. The van der Waals surface area contributed by atoms with Gasteiger partial charge in [-0.2, -0.15) is 0 Å². The van der Waals surface area contributed by atoms with E-state index in [-0.39, 0.29) is 0 Å². The normalized spacial score (nSPS) is 16.7. The standard InChI is InChI=1S/C21H30N2O2S2/c1-15-12-16(2)18(4)21(17(15)3)27(24,25)22-13-19-7-9-23(10-8-19)14-20-6-5-11-26-20/h5-6,11-12,19,22H,7-10,13-14H2,1-4H3. The molecule has 1 saturated heterocycles. The fourth-order valence-corrected chi connectivity index (χ4v) is 6.33. The van der Waals surface area contributed by atoms with Crippen molar-refractivity contribution in [2.75, 3.05) is 19.6 Å². The Morgan fingerprint density at radius 1 is 1.11 bits per heavy atom. The van der Waals surface area contributed by atoms with Crippen molar-refractivity contribution in [2.24, 2.45) is 5.92 Å². The molecule has 0 aliphatic carbocycles. The Morgan fingerprint density at radius 2 is 1.74 bits per heavy atom. The molecule has 3 rings (SSSR count). The lowest BCUT2D eigenvalue weighted by Crippen LogP contribution is -2.38. The van der Waals surface area contributed by atoms with E-state index in [0.29, 0.717) is 17.4 Å². The van der Waals surface area contributed by atoms with Gasteiger partial charge >= 0.3 is 0 Å². The molecule has 0 bridgehead atoms. The van der Waals surface area contributed by atoms with Crippen LogP contribution in [0.3, 0.4) is 0 Å². The minimum absolute atomic E-state index is 0.408. The molecule has 1 aliphatic heterocycles. The Hall–Kier alpha value is -1.21. The number of sulfonamides is 1. The lowest BCUT2D eigenvalue weighted by Gasteiger charge is -2.31. The van der Waals surface area contributed by atoms with Gasteiger partial charge in [0.25, 0.3) is 0 Å². The zero-order valence-corrected chi connectivity index (χ0v) is 18.3. The van der Waals surface area contributed by atoms with Gasteiger partial charge in [-0.25, -0.2) is 13.1 Å². The van der Waals surface area contributed by atoms with Gasteiger partial charge in [0.1, 0.15) is 0 Å². The average Bonchev–Trinajstić information content (AvgIpc) is 3.12. The highest BCUT2D eigenvalue weighted by atomic mass is 32.2. The Bertz CT molecular complexity index is 855. The van der Waals surface area contributed by atoms with Gasteiger partial charge in [0.15, 0.2) is 0 Å². The summed E-state index contributed by atoms with van der Waals surface area (Å²) in [5.74, 6) is 0.408. The Kier molecular flexibility index (Phi) is 6.41. The van der Waals surface area contributed by atoms with Crippen LogP contribution in [0.15, 0.2) is 28.5 Å². The quantitative estimate of drug-likeness (QED) is 0.783. The fraction of sp³-hybridized carbons (Fsp3) is 0.524. The second kappa shape index (κ2) is 8.43. The maximum Gasteiger partial charge on any atom is 0.241 e. The molecule has 0 atom stereocenters. The molecule has 0 radical (unpaired) electrons. The molecule has 1 aromatic heterocycles. The number of aryl methyl sites for hydroxylation is 2. The summed E-state index contributed by atoms with van der Waals surface area (Å²) in [7, 11) is -3.48. The number of benzene rings is 1. The van der Waals surface area contributed by atoms with E-state index in [2.05, 4.69) is 33.2 Å². The van der Waals surface area contributed by atoms with E-state index in [9.17, 15) is 8.42 Å². The molecule has 1 fully saturated rings. The molecule has 0 spiro atoms. The number of thiophene rings is 1. The SMILES string of the molecule is Cc1cc(C)c(C)c(S(=O)(=O)NCC2CCN(Cc3cccs3)CC2)c1C. The summed E-state index contributed by atoms with van der Waals surface area (Å²) in [5.41, 5.74) is 3.77. The van der Waals surface area contributed by atoms with E-state index < -0.39 is 10.0 Å². The molecule has 1 aromatic carbocycles. The minimum Gasteiger partial charge on any atom is -0.298 e. The van der Waals surface area contributed by atoms with Gasteiger partial charge < -0.3 is 0 Å². The van der Waals surface area contributed by atoms with Crippen LogP contribution in [0, 0.1) is 33.6 Å². The topological polar surface area (TPSA) is 49.4 Å². The number of likely N-dealkylation sites (tertiary alicyclic amines) is 1. The lowest BCUT2D eigenvalue weighted by atomic mass is 9.97. The summed E-state index contributed by atoms with van der Waals surface area (Å²) in [6.45, 7) is 11.4. The number of hydrogen-bond donors (Lipinski definition) is 1. The summed E-state index contributed by atoms with van der Waals surface area (Å²) in [5, 5.41) is 2.12. The number of nitrogens with one attached hydrogen (secondary N) is 1. The third-order valence-electron chi connectivity index (χ3n) is 5.79. The second-order valence-corrected chi connectivity index (χ2v) is 10.5. The first kappa shape index (κ1) is 20.5. The van der Waals surface area contributed by atoms with Crippen LogP contribution in [0.4, 0.5) is 0 Å². The molecule has 2 heterocycles. The fourth-order valence-electron chi connectivity index (χ4n) is 3.86. The van der Waals surface area contributed by atoms with Crippen molar-refractivity contribution >= 4 is 21.4 Å². The van der Waals surface area contributed by atoms with Crippen molar-refractivity contribution in [3.05, 3.63) is 50.7 Å². The molecule has 2 aromatic rings. The van der Waals surface area contributed by atoms with Crippen LogP contribution >= 0.6 is 11.3 Å². The molecule has 4 nitrogen and oxygen atoms in total. The Morgan fingerprint density at radius 3 is 2.30 bits per heavy atom. The molecule has 1 N–H and O–H groups in total. The van der Waals surface area contributed by atoms with E-state index in [4.69, 9.17) is 0 Å². The van der Waals surface area contributed by atoms with Gasteiger partial charge in [0, 0.05) is 18.0 Å². The highest BCUT2D eigenvalue weighted by molar-refractivity contribution is 7.89. The van der Waals surface area contributed by atoms with Crippen molar-refractivity contribution in [3.8, 4) is 0 Å². The molecule has 0 amide bonds. The third kappa shape index (κ3) is 4.80. The van der Waals surface area contributed by atoms with Crippen molar-refractivity contribution in [3.63, 3.8) is 0 Å². The monoisotopic (exact) mass is 406 g/mol. The first-order chi connectivity index (χ1) is 12.8. The zero-order valence-electron chi connectivity index (χ0n) is 16.7. The molecule has 0 saturated carbocycles. The maximum absolute atomic E-state index is 13.0. The number of piperidine rings is 1. The van der Waals surface area contributed by atoms with Crippen molar-refractivity contribution < 1.29 is 8.42 Å². The van der Waals surface area contributed by atoms with Crippen molar-refractivity contribution in [1.29, 1.82) is 0 Å². The number of nitrogens with zero attached hydrogens (tertiary/aromatic N) is 1. The summed E-state index contributed by atoms with van der Waals surface area (Å²) >= 11 is 1.80. The van der Waals surface area contributed by atoms with Gasteiger partial charge in [0.05, 0.1) is 4.90 Å². The predicted octanol–water partition coefficient (Wildman–Crippen LogP) is 4.17. The Labute approximate surface area is 167 Å². The first-order valence-electron chi connectivity index (χ1n) is 9.59. The van der Waals surface area contributed by atoms with Crippen molar-refractivity contribution in [1.82, 2.24) is 9.62 Å². The van der Waals surface area contributed by atoms with E-state index in [1.165, 1.54) is 4.88 Å². The molecule has 27 heavy (non-hydrogen) atoms. The third-order valence-corrected chi connectivity index (χ3v) is 8.35. The summed E-state index contributed by atoms with van der Waals surface area (Å²) in [6, 6.07) is 6.34. The maximum atomic E-state index is 13.0. The number of rotatable bonds is 6. The minimum atomic E-state index is -3.48. The largest absolute Gasteiger partial charge is 0.298 e. The van der Waals surface area contributed by atoms with E-state index in [0.717, 1.165) is 54.7 Å². The van der Waals surface area contributed by atoms with Crippen LogP contribution in [0.1, 0.15) is 40.0 Å². The first-order valence-corrected chi connectivity index (χ1v) is 12.0. The van der Waals surface area contributed by atoms with Gasteiger partial charge in [-0.3, -0.25) is 4.90 Å². The van der Waals surface area contributed by atoms with Crippen LogP contribution in [-0.2, 0) is 16.6 Å². The van der Waals surface area contributed by atoms with Gasteiger partial charge in [-0.15, -0.1) is 11.3 Å². The van der Waals surface area contributed by atoms with E-state index >= 15 is 0 Å². The van der Waals surface area contributed by atoms with Crippen LogP contribution in [-0.4, -0.2) is 33.0 Å². The Balaban J connectivity index is 1.59. The molecule has 148 valence electrons. The average molecular weight is 407 g/mol. The van der Waals surface area contributed by atoms with Crippen molar-refractivity contribution in [2.45, 2.75) is 52.0 Å². The van der Waals surface area contributed by atoms with Crippen LogP contribution in [0.25, 0.3) is 0 Å². The summed E-state index contributed by atoms with van der Waals surface area (Å²) in [6.07, 6.45) is 2.08. The molecular weight excluding hydrogens is 376 g/mol. The van der Waals surface area contributed by atoms with Crippen LogP contribution < -0.4 is 4.72 Å². The van der Waals surface area contributed by atoms with Crippen LogP contribution in [0.5, 0.6) is 0 Å². The van der Waals surface area contributed by atoms with E-state index in [1.807, 2.05) is 27.7 Å². The van der Waals surface area contributed by atoms with Gasteiger partial charge in [-0.05, 0) is 93.2 Å². The highest BCUT2D eigenvalue weighted by Crippen LogP contribution is 2.26. The molecule has 6 heteroatoms. The molecule has 0 unspecified atom stereocenters. The smallest absolute Gasteiger partial charge is 0.241 e. The zero-order chi connectivity index (χ0) is 19.6. The summed E-state index contributed by atoms with van der Waals surface area (Å²) < 4.78 is 28.9. The van der Waals surface area contributed by atoms with E-state index in [1.54, 1.807) is 11.3 Å². The second-order valence-electron chi connectivity index (χ2n) is 7.74.